The van der Waals surface area contributed by atoms with Crippen molar-refractivity contribution in [2.45, 2.75) is 13.0 Å². The highest BCUT2D eigenvalue weighted by Crippen LogP contribution is 2.17. The predicted octanol–water partition coefficient (Wildman–Crippen LogP) is 0.695. The van der Waals surface area contributed by atoms with Gasteiger partial charge in [-0.05, 0) is 6.92 Å². The van der Waals surface area contributed by atoms with Crippen LogP contribution < -0.4 is 5.32 Å². The van der Waals surface area contributed by atoms with Gasteiger partial charge in [0.1, 0.15) is 11.4 Å². The van der Waals surface area contributed by atoms with Gasteiger partial charge in [-0.3, -0.25) is 10.1 Å². The van der Waals surface area contributed by atoms with Gasteiger partial charge in [-0.2, -0.15) is 0 Å². The Kier molecular flexibility index (Phi) is 4.24. The Hall–Kier alpha value is -1.51. The Morgan fingerprint density at radius 3 is 3.17 bits per heavy atom. The number of ether oxygens (including phenoxy) is 2. The van der Waals surface area contributed by atoms with Crippen molar-refractivity contribution in [2.75, 3.05) is 25.1 Å². The number of amides is 1. The molecular formula is C10H13N3O4S. The molecule has 18 heavy (non-hydrogen) atoms. The minimum atomic E-state index is -0.598. The molecule has 2 N–H and O–H groups in total. The number of thiazole rings is 1. The topological polar surface area (TPSA) is 93.0 Å². The lowest BCUT2D eigenvalue weighted by atomic mass is 10.3. The summed E-state index contributed by atoms with van der Waals surface area (Å²) in [5.41, 5.74) is 0.919. The van der Waals surface area contributed by atoms with Gasteiger partial charge in [-0.25, -0.2) is 4.98 Å². The van der Waals surface area contributed by atoms with Crippen LogP contribution in [0.25, 0.3) is 0 Å². The molecule has 1 aromatic heterocycles. The SMILES string of the molecule is C/C(=N\O)c1csc(NC(=O)C2COCCO2)n1. The van der Waals surface area contributed by atoms with Crippen molar-refractivity contribution in [1.29, 1.82) is 0 Å². The van der Waals surface area contributed by atoms with E-state index in [0.717, 1.165) is 0 Å². The third-order valence-corrected chi connectivity index (χ3v) is 3.12. The van der Waals surface area contributed by atoms with E-state index in [9.17, 15) is 4.79 Å². The third-order valence-electron chi connectivity index (χ3n) is 2.36. The molecule has 1 aliphatic rings. The van der Waals surface area contributed by atoms with Gasteiger partial charge in [0.05, 0.1) is 19.8 Å². The molecule has 8 heteroatoms. The molecule has 1 atom stereocenters. The molecule has 0 saturated carbocycles. The average Bonchev–Trinajstić information content (AvgIpc) is 2.87. The standard InChI is InChI=1S/C10H13N3O4S/c1-6(13-15)7-5-18-10(11-7)12-9(14)8-4-16-2-3-17-8/h5,8,15H,2-4H2,1H3,(H,11,12,14)/b13-6+. The third kappa shape index (κ3) is 3.03. The van der Waals surface area contributed by atoms with Gasteiger partial charge in [0.25, 0.3) is 5.91 Å². The molecule has 1 aromatic rings. The molecule has 2 rings (SSSR count). The molecule has 0 aliphatic carbocycles. The Labute approximate surface area is 107 Å². The first-order valence-corrected chi connectivity index (χ1v) is 6.23. The molecule has 0 aromatic carbocycles. The Balaban J connectivity index is 1.96. The number of carbonyl (C=O) groups excluding carboxylic acids is 1. The van der Waals surface area contributed by atoms with Crippen LogP contribution in [0, 0.1) is 0 Å². The summed E-state index contributed by atoms with van der Waals surface area (Å²) in [6.07, 6.45) is -0.598. The number of nitrogens with one attached hydrogen (secondary N) is 1. The summed E-state index contributed by atoms with van der Waals surface area (Å²) >= 11 is 1.25. The van der Waals surface area contributed by atoms with Crippen molar-refractivity contribution in [3.63, 3.8) is 0 Å². The van der Waals surface area contributed by atoms with Gasteiger partial charge >= 0.3 is 0 Å². The largest absolute Gasteiger partial charge is 0.411 e. The summed E-state index contributed by atoms with van der Waals surface area (Å²) in [4.78, 5) is 15.9. The number of hydrogen-bond donors (Lipinski definition) is 2. The number of aromatic nitrogens is 1. The van der Waals surface area contributed by atoms with Crippen LogP contribution in [0.2, 0.25) is 0 Å². The van der Waals surface area contributed by atoms with E-state index in [0.29, 0.717) is 29.8 Å². The molecule has 7 nitrogen and oxygen atoms in total. The second-order valence-electron chi connectivity index (χ2n) is 3.65. The highest BCUT2D eigenvalue weighted by molar-refractivity contribution is 7.14. The molecule has 1 unspecified atom stereocenters. The van der Waals surface area contributed by atoms with E-state index in [1.54, 1.807) is 12.3 Å². The highest BCUT2D eigenvalue weighted by Gasteiger charge is 2.23. The first-order chi connectivity index (χ1) is 8.70. The van der Waals surface area contributed by atoms with E-state index in [1.165, 1.54) is 11.3 Å². The maximum Gasteiger partial charge on any atom is 0.257 e. The van der Waals surface area contributed by atoms with Gasteiger partial charge in [0.2, 0.25) is 0 Å². The van der Waals surface area contributed by atoms with Crippen LogP contribution in [0.3, 0.4) is 0 Å². The van der Waals surface area contributed by atoms with Crippen molar-refractivity contribution >= 4 is 28.1 Å². The van der Waals surface area contributed by atoms with E-state index in [1.807, 2.05) is 0 Å². The normalized spacial score (nSPS) is 20.7. The van der Waals surface area contributed by atoms with Crippen molar-refractivity contribution < 1.29 is 19.5 Å². The molecule has 0 spiro atoms. The van der Waals surface area contributed by atoms with E-state index in [-0.39, 0.29) is 12.5 Å². The van der Waals surface area contributed by atoms with Gasteiger partial charge < -0.3 is 14.7 Å². The second-order valence-corrected chi connectivity index (χ2v) is 4.51. The number of hydrogen-bond acceptors (Lipinski definition) is 7. The van der Waals surface area contributed by atoms with Gasteiger partial charge in [0, 0.05) is 5.38 Å². The van der Waals surface area contributed by atoms with Crippen molar-refractivity contribution in [2.24, 2.45) is 5.16 Å². The minimum absolute atomic E-state index is 0.251. The average molecular weight is 271 g/mol. The fourth-order valence-electron chi connectivity index (χ4n) is 1.37. The highest BCUT2D eigenvalue weighted by atomic mass is 32.1. The smallest absolute Gasteiger partial charge is 0.257 e. The summed E-state index contributed by atoms with van der Waals surface area (Å²) in [6.45, 7) is 2.80. The number of carbonyl (C=O) groups is 1. The molecule has 1 amide bonds. The lowest BCUT2D eigenvalue weighted by Crippen LogP contribution is -2.39. The van der Waals surface area contributed by atoms with Crippen molar-refractivity contribution in [1.82, 2.24) is 4.98 Å². The van der Waals surface area contributed by atoms with E-state index in [2.05, 4.69) is 15.5 Å². The number of oxime groups is 1. The van der Waals surface area contributed by atoms with Crippen molar-refractivity contribution in [3.8, 4) is 0 Å². The summed E-state index contributed by atoms with van der Waals surface area (Å²) < 4.78 is 10.4. The zero-order valence-electron chi connectivity index (χ0n) is 9.75. The summed E-state index contributed by atoms with van der Waals surface area (Å²) in [6, 6.07) is 0. The molecule has 98 valence electrons. The van der Waals surface area contributed by atoms with Crippen LogP contribution in [0.4, 0.5) is 5.13 Å². The summed E-state index contributed by atoms with van der Waals surface area (Å²) in [7, 11) is 0. The fourth-order valence-corrected chi connectivity index (χ4v) is 2.13. The zero-order chi connectivity index (χ0) is 13.0. The van der Waals surface area contributed by atoms with Crippen LogP contribution >= 0.6 is 11.3 Å². The predicted molar refractivity (Wildman–Crippen MR) is 65.3 cm³/mol. The Bertz CT molecular complexity index is 454. The minimum Gasteiger partial charge on any atom is -0.411 e. The molecule has 0 radical (unpaired) electrons. The number of rotatable bonds is 3. The monoisotopic (exact) mass is 271 g/mol. The van der Waals surface area contributed by atoms with Crippen LogP contribution in [0.5, 0.6) is 0 Å². The van der Waals surface area contributed by atoms with Gasteiger partial charge in [-0.15, -0.1) is 11.3 Å². The summed E-state index contributed by atoms with van der Waals surface area (Å²) in [5.74, 6) is -0.283. The maximum absolute atomic E-state index is 11.8. The molecular weight excluding hydrogens is 258 g/mol. The van der Waals surface area contributed by atoms with E-state index < -0.39 is 6.10 Å². The fraction of sp³-hybridized carbons (Fsp3) is 0.500. The molecule has 2 heterocycles. The van der Waals surface area contributed by atoms with Gasteiger partial charge in [-0.1, -0.05) is 5.16 Å². The van der Waals surface area contributed by atoms with E-state index in [4.69, 9.17) is 14.7 Å². The molecule has 1 fully saturated rings. The van der Waals surface area contributed by atoms with Crippen LogP contribution in [0.15, 0.2) is 10.5 Å². The Morgan fingerprint density at radius 2 is 2.50 bits per heavy atom. The number of nitrogens with zero attached hydrogens (tertiary/aromatic N) is 2. The van der Waals surface area contributed by atoms with Gasteiger partial charge in [0.15, 0.2) is 11.2 Å². The first kappa shape index (κ1) is 12.9. The quantitative estimate of drug-likeness (QED) is 0.479. The molecule has 1 saturated heterocycles. The lowest BCUT2D eigenvalue weighted by Gasteiger charge is -2.21. The first-order valence-electron chi connectivity index (χ1n) is 5.35. The lowest BCUT2D eigenvalue weighted by molar-refractivity contribution is -0.142. The van der Waals surface area contributed by atoms with Crippen LogP contribution in [-0.4, -0.2) is 47.7 Å². The second kappa shape index (κ2) is 5.89. The zero-order valence-corrected chi connectivity index (χ0v) is 10.6. The molecule has 0 bridgehead atoms. The van der Waals surface area contributed by atoms with E-state index >= 15 is 0 Å². The maximum atomic E-state index is 11.8. The summed E-state index contributed by atoms with van der Waals surface area (Å²) in [5, 5.41) is 16.4. The molecule has 1 aliphatic heterocycles. The van der Waals surface area contributed by atoms with Crippen LogP contribution in [-0.2, 0) is 14.3 Å². The number of anilines is 1. The van der Waals surface area contributed by atoms with Crippen LogP contribution in [0.1, 0.15) is 12.6 Å². The van der Waals surface area contributed by atoms with Crippen molar-refractivity contribution in [3.05, 3.63) is 11.1 Å². The Morgan fingerprint density at radius 1 is 1.67 bits per heavy atom.